The molecule has 1 aliphatic carbocycles. The molecule has 0 saturated heterocycles. The number of carbonyl (C=O) groups is 1. The van der Waals surface area contributed by atoms with E-state index in [1.165, 1.54) is 0 Å². The van der Waals surface area contributed by atoms with E-state index in [-0.39, 0.29) is 30.7 Å². The van der Waals surface area contributed by atoms with Gasteiger partial charge in [-0.1, -0.05) is 11.6 Å². The number of fused-ring (bicyclic) bond motifs is 1. The Balaban J connectivity index is 1.36. The molecule has 2 aromatic heterocycles. The molecule has 0 spiro atoms. The number of aliphatic hydroxyl groups excluding tert-OH is 1. The van der Waals surface area contributed by atoms with Crippen molar-refractivity contribution in [1.29, 1.82) is 0 Å². The third kappa shape index (κ3) is 4.81. The number of rotatable bonds is 7. The number of anilines is 1. The Bertz CT molecular complexity index is 1160. The van der Waals surface area contributed by atoms with Crippen LogP contribution in [0.5, 0.6) is 5.88 Å². The number of nitrogens with one attached hydrogen (secondary N) is 1. The third-order valence-corrected chi connectivity index (χ3v) is 6.34. The first-order valence-electron chi connectivity index (χ1n) is 10.8. The standard InChI is InChI=1S/C23H27ClN4O4/c1-27-20-12-17(24)6-7-19(20)28(23(27)31)14-15-2-4-16(5-3-15)22(30)26-18-8-9-25-21(13-18)32-11-10-29/h6-9,12-13,15-16,29H,2-5,10-11,14H2,1H3,(H,25,26,30). The number of aromatic nitrogens is 3. The highest BCUT2D eigenvalue weighted by atomic mass is 35.5. The summed E-state index contributed by atoms with van der Waals surface area (Å²) in [6.07, 6.45) is 4.89. The van der Waals surface area contributed by atoms with Crippen molar-refractivity contribution in [1.82, 2.24) is 14.1 Å². The molecular formula is C23H27ClN4O4. The fraction of sp³-hybridized carbons (Fsp3) is 0.435. The zero-order chi connectivity index (χ0) is 22.7. The Morgan fingerprint density at radius 3 is 2.75 bits per heavy atom. The van der Waals surface area contributed by atoms with Crippen LogP contribution in [-0.2, 0) is 18.4 Å². The first kappa shape index (κ1) is 22.4. The van der Waals surface area contributed by atoms with Gasteiger partial charge in [-0.2, -0.15) is 0 Å². The van der Waals surface area contributed by atoms with E-state index in [1.54, 1.807) is 36.0 Å². The average molecular weight is 459 g/mol. The fourth-order valence-electron chi connectivity index (χ4n) is 4.38. The number of halogens is 1. The first-order valence-corrected chi connectivity index (χ1v) is 11.2. The molecule has 32 heavy (non-hydrogen) atoms. The van der Waals surface area contributed by atoms with Crippen LogP contribution in [-0.4, -0.2) is 38.3 Å². The second-order valence-electron chi connectivity index (χ2n) is 8.25. The van der Waals surface area contributed by atoms with Crippen molar-refractivity contribution in [3.63, 3.8) is 0 Å². The lowest BCUT2D eigenvalue weighted by Crippen LogP contribution is -2.30. The van der Waals surface area contributed by atoms with Gasteiger partial charge >= 0.3 is 5.69 Å². The largest absolute Gasteiger partial charge is 0.475 e. The summed E-state index contributed by atoms with van der Waals surface area (Å²) in [5.74, 6) is 0.629. The molecule has 0 aliphatic heterocycles. The second-order valence-corrected chi connectivity index (χ2v) is 8.68. The van der Waals surface area contributed by atoms with E-state index < -0.39 is 0 Å². The van der Waals surface area contributed by atoms with E-state index in [0.29, 0.717) is 29.1 Å². The highest BCUT2D eigenvalue weighted by molar-refractivity contribution is 6.31. The van der Waals surface area contributed by atoms with Gasteiger partial charge in [-0.25, -0.2) is 9.78 Å². The highest BCUT2D eigenvalue weighted by Crippen LogP contribution is 2.31. The minimum atomic E-state index is -0.0971. The maximum absolute atomic E-state index is 12.7. The lowest BCUT2D eigenvalue weighted by molar-refractivity contribution is -0.121. The molecule has 9 heteroatoms. The van der Waals surface area contributed by atoms with Crippen LogP contribution in [0.3, 0.4) is 0 Å². The number of benzene rings is 1. The van der Waals surface area contributed by atoms with Crippen molar-refractivity contribution < 1.29 is 14.6 Å². The summed E-state index contributed by atoms with van der Waals surface area (Å²) in [7, 11) is 1.76. The minimum absolute atomic E-state index is 0.0141. The molecule has 170 valence electrons. The number of aliphatic hydroxyl groups is 1. The van der Waals surface area contributed by atoms with Gasteiger partial charge in [0.05, 0.1) is 17.6 Å². The number of carbonyl (C=O) groups excluding carboxylic acids is 1. The van der Waals surface area contributed by atoms with Gasteiger partial charge in [0.15, 0.2) is 0 Å². The molecule has 0 atom stereocenters. The van der Waals surface area contributed by atoms with Gasteiger partial charge < -0.3 is 15.2 Å². The van der Waals surface area contributed by atoms with Gasteiger partial charge in [-0.05, 0) is 55.9 Å². The van der Waals surface area contributed by atoms with Crippen LogP contribution in [0.4, 0.5) is 5.69 Å². The Labute approximate surface area is 190 Å². The fourth-order valence-corrected chi connectivity index (χ4v) is 4.55. The Kier molecular flexibility index (Phi) is 6.81. The summed E-state index contributed by atoms with van der Waals surface area (Å²) in [4.78, 5) is 29.5. The van der Waals surface area contributed by atoms with E-state index in [0.717, 1.165) is 36.7 Å². The summed E-state index contributed by atoms with van der Waals surface area (Å²) >= 11 is 6.10. The zero-order valence-corrected chi connectivity index (χ0v) is 18.7. The van der Waals surface area contributed by atoms with Crippen molar-refractivity contribution in [2.75, 3.05) is 18.5 Å². The lowest BCUT2D eigenvalue weighted by Gasteiger charge is -2.28. The smallest absolute Gasteiger partial charge is 0.328 e. The molecule has 1 fully saturated rings. The maximum Gasteiger partial charge on any atom is 0.328 e. The molecule has 0 bridgehead atoms. The quantitative estimate of drug-likeness (QED) is 0.566. The third-order valence-electron chi connectivity index (χ3n) is 6.11. The molecule has 0 radical (unpaired) electrons. The number of hydrogen-bond acceptors (Lipinski definition) is 5. The Morgan fingerprint density at radius 2 is 2.00 bits per heavy atom. The SMILES string of the molecule is Cn1c(=O)n(CC2CCC(C(=O)Nc3ccnc(OCCO)c3)CC2)c2ccc(Cl)cc21. The van der Waals surface area contributed by atoms with Crippen LogP contribution in [0, 0.1) is 11.8 Å². The van der Waals surface area contributed by atoms with E-state index in [1.807, 2.05) is 16.7 Å². The van der Waals surface area contributed by atoms with Crippen molar-refractivity contribution >= 4 is 34.2 Å². The first-order chi connectivity index (χ1) is 15.5. The highest BCUT2D eigenvalue weighted by Gasteiger charge is 2.27. The summed E-state index contributed by atoms with van der Waals surface area (Å²) in [5.41, 5.74) is 2.30. The molecule has 2 N–H and O–H groups in total. The molecule has 1 aromatic carbocycles. The van der Waals surface area contributed by atoms with Crippen LogP contribution in [0.1, 0.15) is 25.7 Å². The van der Waals surface area contributed by atoms with Crippen LogP contribution in [0.15, 0.2) is 41.3 Å². The van der Waals surface area contributed by atoms with Crippen molar-refractivity contribution in [2.45, 2.75) is 32.2 Å². The Morgan fingerprint density at radius 1 is 1.22 bits per heavy atom. The molecule has 1 amide bonds. The summed E-state index contributed by atoms with van der Waals surface area (Å²) in [6.45, 7) is 0.698. The molecule has 2 heterocycles. The normalized spacial score (nSPS) is 18.6. The number of pyridine rings is 1. The zero-order valence-electron chi connectivity index (χ0n) is 18.0. The number of ether oxygens (including phenoxy) is 1. The Hall–Kier alpha value is -2.84. The van der Waals surface area contributed by atoms with Crippen LogP contribution in [0.2, 0.25) is 5.02 Å². The predicted octanol–water partition coefficient (Wildman–Crippen LogP) is 3.20. The molecule has 8 nitrogen and oxygen atoms in total. The molecule has 3 aromatic rings. The van der Waals surface area contributed by atoms with E-state index in [2.05, 4.69) is 10.3 Å². The van der Waals surface area contributed by atoms with Gasteiger partial charge in [-0.15, -0.1) is 0 Å². The predicted molar refractivity (Wildman–Crippen MR) is 123 cm³/mol. The van der Waals surface area contributed by atoms with Gasteiger partial charge in [0.1, 0.15) is 6.61 Å². The molecule has 1 saturated carbocycles. The average Bonchev–Trinajstić information content (AvgIpc) is 3.02. The number of aryl methyl sites for hydroxylation is 1. The van der Waals surface area contributed by atoms with Crippen LogP contribution >= 0.6 is 11.6 Å². The summed E-state index contributed by atoms with van der Waals surface area (Å²) < 4.78 is 8.75. The van der Waals surface area contributed by atoms with E-state index in [9.17, 15) is 9.59 Å². The van der Waals surface area contributed by atoms with Gasteiger partial charge in [0.2, 0.25) is 11.8 Å². The van der Waals surface area contributed by atoms with Crippen molar-refractivity contribution in [3.05, 3.63) is 52.0 Å². The van der Waals surface area contributed by atoms with E-state index >= 15 is 0 Å². The monoisotopic (exact) mass is 458 g/mol. The summed E-state index contributed by atoms with van der Waals surface area (Å²) in [6, 6.07) is 8.88. The molecule has 0 unspecified atom stereocenters. The number of imidazole rings is 1. The van der Waals surface area contributed by atoms with E-state index in [4.69, 9.17) is 21.4 Å². The number of amides is 1. The van der Waals surface area contributed by atoms with Crippen LogP contribution < -0.4 is 15.7 Å². The van der Waals surface area contributed by atoms with Crippen molar-refractivity contribution in [3.8, 4) is 5.88 Å². The lowest BCUT2D eigenvalue weighted by atomic mass is 9.81. The van der Waals surface area contributed by atoms with Gasteiger partial charge in [-0.3, -0.25) is 13.9 Å². The molecule has 1 aliphatic rings. The number of hydrogen-bond donors (Lipinski definition) is 2. The van der Waals surface area contributed by atoms with Crippen molar-refractivity contribution in [2.24, 2.45) is 18.9 Å². The maximum atomic E-state index is 12.7. The minimum Gasteiger partial charge on any atom is -0.475 e. The second kappa shape index (κ2) is 9.75. The number of nitrogens with zero attached hydrogens (tertiary/aromatic N) is 3. The van der Waals surface area contributed by atoms with Gasteiger partial charge in [0.25, 0.3) is 0 Å². The summed E-state index contributed by atoms with van der Waals surface area (Å²) in [5, 5.41) is 12.4. The van der Waals surface area contributed by atoms with Gasteiger partial charge in [0, 0.05) is 42.5 Å². The molecule has 4 rings (SSSR count). The topological polar surface area (TPSA) is 98.4 Å². The molecular weight excluding hydrogens is 432 g/mol. The van der Waals surface area contributed by atoms with Crippen LogP contribution in [0.25, 0.3) is 11.0 Å².